The van der Waals surface area contributed by atoms with Crippen molar-refractivity contribution in [1.29, 1.82) is 0 Å². The monoisotopic (exact) mass is 230 g/mol. The number of nitrogens with zero attached hydrogens (tertiary/aromatic N) is 1. The number of hydrogen-bond acceptors (Lipinski definition) is 4. The fourth-order valence-electron chi connectivity index (χ4n) is 1.42. The predicted molar refractivity (Wildman–Crippen MR) is 62.0 cm³/mol. The average Bonchev–Trinajstić information content (AvgIpc) is 2.21. The summed E-state index contributed by atoms with van der Waals surface area (Å²) >= 11 is 1.24. The summed E-state index contributed by atoms with van der Waals surface area (Å²) in [5, 5.41) is 3.17. The van der Waals surface area contributed by atoms with Gasteiger partial charge in [0.25, 0.3) is 5.24 Å². The predicted octanol–water partition coefficient (Wildman–Crippen LogP) is 1.46. The minimum atomic E-state index is -0.0817. The van der Waals surface area contributed by atoms with E-state index in [1.165, 1.54) is 16.7 Å². The van der Waals surface area contributed by atoms with Crippen molar-refractivity contribution in [1.82, 2.24) is 10.2 Å². The van der Waals surface area contributed by atoms with Crippen LogP contribution in [0.25, 0.3) is 0 Å². The number of nitrogens with one attached hydrogen (secondary N) is 1. The van der Waals surface area contributed by atoms with Crippen molar-refractivity contribution in [2.45, 2.75) is 26.2 Å². The van der Waals surface area contributed by atoms with E-state index in [4.69, 9.17) is 0 Å². The number of rotatable bonds is 6. The molecule has 1 fully saturated rings. The van der Waals surface area contributed by atoms with Gasteiger partial charge in [0.15, 0.2) is 0 Å². The first-order valence-electron chi connectivity index (χ1n) is 5.43. The van der Waals surface area contributed by atoms with Crippen LogP contribution in [0, 0.1) is 0 Å². The van der Waals surface area contributed by atoms with Gasteiger partial charge in [0.1, 0.15) is 0 Å². The lowest BCUT2D eigenvalue weighted by molar-refractivity contribution is -0.127. The normalized spacial score (nSPS) is 17.3. The van der Waals surface area contributed by atoms with Crippen molar-refractivity contribution < 1.29 is 9.59 Å². The maximum absolute atomic E-state index is 11.4. The molecule has 0 unspecified atom stereocenters. The number of carbonyl (C=O) groups excluding carboxylic acids is 2. The number of amides is 2. The van der Waals surface area contributed by atoms with Gasteiger partial charge in [0.05, 0.1) is 0 Å². The van der Waals surface area contributed by atoms with E-state index in [0.717, 1.165) is 25.9 Å². The maximum atomic E-state index is 11.4. The van der Waals surface area contributed by atoms with E-state index in [9.17, 15) is 9.59 Å². The Hall–Kier alpha value is -0.550. The van der Waals surface area contributed by atoms with Crippen LogP contribution in [0.15, 0.2) is 0 Å². The number of imide groups is 1. The summed E-state index contributed by atoms with van der Waals surface area (Å²) in [6.07, 6.45) is 2.45. The van der Waals surface area contributed by atoms with E-state index in [1.54, 1.807) is 0 Å². The zero-order chi connectivity index (χ0) is 11.1. The summed E-state index contributed by atoms with van der Waals surface area (Å²) in [6.45, 7) is 4.54. The molecule has 0 aliphatic carbocycles. The van der Waals surface area contributed by atoms with Crippen molar-refractivity contribution in [3.8, 4) is 0 Å². The first-order chi connectivity index (χ1) is 7.25. The summed E-state index contributed by atoms with van der Waals surface area (Å²) in [5.41, 5.74) is 0. The second-order valence-electron chi connectivity index (χ2n) is 3.51. The smallest absolute Gasteiger partial charge is 0.288 e. The van der Waals surface area contributed by atoms with Crippen LogP contribution in [-0.4, -0.2) is 41.4 Å². The standard InChI is InChI=1S/C10H18N2O2S/c1-2-5-11-6-3-7-12-9(13)4-8-15-10(12)14/h11H,2-8H2,1H3. The first kappa shape index (κ1) is 12.5. The Bertz CT molecular complexity index is 217. The summed E-state index contributed by atoms with van der Waals surface area (Å²) in [4.78, 5) is 24.1. The molecule has 0 spiro atoms. The number of carbonyl (C=O) groups is 2. The molecule has 1 rings (SSSR count). The van der Waals surface area contributed by atoms with Gasteiger partial charge in [-0.25, -0.2) is 0 Å². The van der Waals surface area contributed by atoms with E-state index in [1.807, 2.05) is 0 Å². The minimum Gasteiger partial charge on any atom is -0.317 e. The highest BCUT2D eigenvalue weighted by Crippen LogP contribution is 2.18. The van der Waals surface area contributed by atoms with E-state index >= 15 is 0 Å². The molecule has 0 aromatic rings. The zero-order valence-electron chi connectivity index (χ0n) is 9.12. The van der Waals surface area contributed by atoms with Gasteiger partial charge in [-0.05, 0) is 25.9 Å². The van der Waals surface area contributed by atoms with Crippen molar-refractivity contribution in [2.24, 2.45) is 0 Å². The summed E-state index contributed by atoms with van der Waals surface area (Å²) in [6, 6.07) is 0. The molecule has 0 saturated carbocycles. The van der Waals surface area contributed by atoms with Crippen LogP contribution in [0.4, 0.5) is 4.79 Å². The summed E-state index contributed by atoms with van der Waals surface area (Å²) in [5.74, 6) is 0.622. The van der Waals surface area contributed by atoms with Gasteiger partial charge in [0.2, 0.25) is 5.91 Å². The van der Waals surface area contributed by atoms with Crippen LogP contribution >= 0.6 is 11.8 Å². The Kier molecular flexibility index (Phi) is 5.71. The fraction of sp³-hybridized carbons (Fsp3) is 0.800. The van der Waals surface area contributed by atoms with Crippen LogP contribution in [0.1, 0.15) is 26.2 Å². The largest absolute Gasteiger partial charge is 0.317 e. The van der Waals surface area contributed by atoms with Gasteiger partial charge in [-0.1, -0.05) is 18.7 Å². The van der Waals surface area contributed by atoms with Gasteiger partial charge >= 0.3 is 0 Å². The Balaban J connectivity index is 2.18. The summed E-state index contributed by atoms with van der Waals surface area (Å²) in [7, 11) is 0. The maximum Gasteiger partial charge on any atom is 0.288 e. The van der Waals surface area contributed by atoms with E-state index in [0.29, 0.717) is 18.7 Å². The van der Waals surface area contributed by atoms with Crippen LogP contribution in [0.3, 0.4) is 0 Å². The fourth-order valence-corrected chi connectivity index (χ4v) is 2.22. The molecule has 1 aliphatic heterocycles. The topological polar surface area (TPSA) is 49.4 Å². The Morgan fingerprint density at radius 2 is 2.20 bits per heavy atom. The highest BCUT2D eigenvalue weighted by Gasteiger charge is 2.25. The molecule has 0 radical (unpaired) electrons. The molecule has 4 nitrogen and oxygen atoms in total. The highest BCUT2D eigenvalue weighted by molar-refractivity contribution is 8.13. The molecule has 15 heavy (non-hydrogen) atoms. The molecule has 0 aromatic carbocycles. The van der Waals surface area contributed by atoms with Gasteiger partial charge in [-0.2, -0.15) is 0 Å². The molecule has 1 heterocycles. The van der Waals surface area contributed by atoms with Crippen molar-refractivity contribution in [2.75, 3.05) is 25.4 Å². The molecule has 0 atom stereocenters. The van der Waals surface area contributed by atoms with E-state index in [-0.39, 0.29) is 11.1 Å². The molecule has 5 heteroatoms. The molecular formula is C10H18N2O2S. The second-order valence-corrected chi connectivity index (χ2v) is 4.56. The third-order valence-electron chi connectivity index (χ3n) is 2.22. The van der Waals surface area contributed by atoms with Gasteiger partial charge in [-0.15, -0.1) is 0 Å². The Morgan fingerprint density at radius 3 is 2.87 bits per heavy atom. The van der Waals surface area contributed by atoms with Gasteiger partial charge in [-0.3, -0.25) is 14.5 Å². The minimum absolute atomic E-state index is 0.0192. The molecule has 2 amide bonds. The Labute approximate surface area is 94.8 Å². The third kappa shape index (κ3) is 4.22. The molecule has 0 bridgehead atoms. The molecule has 0 aromatic heterocycles. The molecule has 86 valence electrons. The lowest BCUT2D eigenvalue weighted by Gasteiger charge is -2.23. The first-order valence-corrected chi connectivity index (χ1v) is 6.42. The molecular weight excluding hydrogens is 212 g/mol. The lowest BCUT2D eigenvalue weighted by Crippen LogP contribution is -2.39. The Morgan fingerprint density at radius 1 is 1.40 bits per heavy atom. The second kappa shape index (κ2) is 6.85. The van der Waals surface area contributed by atoms with Crippen LogP contribution < -0.4 is 5.32 Å². The molecule has 1 aliphatic rings. The van der Waals surface area contributed by atoms with E-state index < -0.39 is 0 Å². The quantitative estimate of drug-likeness (QED) is 0.702. The van der Waals surface area contributed by atoms with E-state index in [2.05, 4.69) is 12.2 Å². The lowest BCUT2D eigenvalue weighted by atomic mass is 10.3. The van der Waals surface area contributed by atoms with Crippen molar-refractivity contribution in [3.05, 3.63) is 0 Å². The van der Waals surface area contributed by atoms with Crippen molar-refractivity contribution in [3.63, 3.8) is 0 Å². The molecule has 1 N–H and O–H groups in total. The third-order valence-corrected chi connectivity index (χ3v) is 3.10. The van der Waals surface area contributed by atoms with Crippen LogP contribution in [0.2, 0.25) is 0 Å². The number of thioether (sulfide) groups is 1. The van der Waals surface area contributed by atoms with Gasteiger partial charge in [0, 0.05) is 18.7 Å². The SMILES string of the molecule is CCCNCCCN1C(=O)CCSC1=O. The highest BCUT2D eigenvalue weighted by atomic mass is 32.2. The zero-order valence-corrected chi connectivity index (χ0v) is 9.94. The molecule has 1 saturated heterocycles. The summed E-state index contributed by atoms with van der Waals surface area (Å²) < 4.78 is 0. The van der Waals surface area contributed by atoms with Crippen molar-refractivity contribution >= 4 is 22.9 Å². The number of hydrogen-bond donors (Lipinski definition) is 1. The van der Waals surface area contributed by atoms with Gasteiger partial charge < -0.3 is 5.32 Å². The van der Waals surface area contributed by atoms with Crippen LogP contribution in [-0.2, 0) is 4.79 Å². The van der Waals surface area contributed by atoms with Crippen LogP contribution in [0.5, 0.6) is 0 Å². The average molecular weight is 230 g/mol.